The summed E-state index contributed by atoms with van der Waals surface area (Å²) in [6.45, 7) is 0. The van der Waals surface area contributed by atoms with Crippen LogP contribution in [0.4, 0.5) is 0 Å². The first-order valence-corrected chi connectivity index (χ1v) is 10.4. The lowest BCUT2D eigenvalue weighted by molar-refractivity contribution is -0.143. The highest BCUT2D eigenvalue weighted by atomic mass is 32.2. The molecule has 28 heavy (non-hydrogen) atoms. The molecule has 0 atom stereocenters. The fourth-order valence-corrected chi connectivity index (χ4v) is 5.01. The van der Waals surface area contributed by atoms with Gasteiger partial charge in [-0.05, 0) is 34.4 Å². The molecule has 0 unspecified atom stereocenters. The van der Waals surface area contributed by atoms with Gasteiger partial charge >= 0.3 is 5.97 Å². The number of hydrogen-bond donors (Lipinski definition) is 2. The van der Waals surface area contributed by atoms with E-state index >= 15 is 0 Å². The first-order valence-electron chi connectivity index (χ1n) is 8.89. The Hall–Kier alpha value is -2.96. The van der Waals surface area contributed by atoms with Gasteiger partial charge in [-0.2, -0.15) is 4.72 Å². The van der Waals surface area contributed by atoms with E-state index < -0.39 is 21.5 Å². The molecular weight excluding hydrogens is 374 g/mol. The molecule has 3 aromatic carbocycles. The van der Waals surface area contributed by atoms with Crippen LogP contribution in [0.3, 0.4) is 0 Å². The van der Waals surface area contributed by atoms with Crippen molar-refractivity contribution in [2.24, 2.45) is 0 Å². The minimum Gasteiger partial charge on any atom is -0.480 e. The zero-order valence-electron chi connectivity index (χ0n) is 15.0. The summed E-state index contributed by atoms with van der Waals surface area (Å²) < 4.78 is 28.3. The number of aliphatic carboxylic acids is 1. The third-order valence-electron chi connectivity index (χ3n) is 5.11. The lowest BCUT2D eigenvalue weighted by Gasteiger charge is -2.25. The highest BCUT2D eigenvalue weighted by Gasteiger charge is 2.47. The SMILES string of the molecule is O=C(O)C1(NS(=O)(=O)c2ccc(-c3ccccc3)cc2)Cc2ccccc2C1. The van der Waals surface area contributed by atoms with Crippen molar-refractivity contribution >= 4 is 16.0 Å². The summed E-state index contributed by atoms with van der Waals surface area (Å²) in [5, 5.41) is 9.81. The molecule has 0 radical (unpaired) electrons. The maximum absolute atomic E-state index is 12.9. The van der Waals surface area contributed by atoms with E-state index in [1.807, 2.05) is 54.6 Å². The zero-order valence-corrected chi connectivity index (χ0v) is 15.8. The van der Waals surface area contributed by atoms with Gasteiger partial charge in [0.15, 0.2) is 0 Å². The normalized spacial score (nSPS) is 15.1. The van der Waals surface area contributed by atoms with E-state index in [0.717, 1.165) is 22.3 Å². The number of carboxylic acids is 1. The topological polar surface area (TPSA) is 83.5 Å². The summed E-state index contributed by atoms with van der Waals surface area (Å²) >= 11 is 0. The van der Waals surface area contributed by atoms with Crippen molar-refractivity contribution in [3.8, 4) is 11.1 Å². The molecule has 0 aliphatic heterocycles. The molecule has 0 aromatic heterocycles. The van der Waals surface area contributed by atoms with Crippen molar-refractivity contribution in [2.45, 2.75) is 23.3 Å². The molecule has 6 heteroatoms. The molecule has 0 heterocycles. The zero-order chi connectivity index (χ0) is 19.8. The van der Waals surface area contributed by atoms with E-state index in [2.05, 4.69) is 4.72 Å². The van der Waals surface area contributed by atoms with E-state index in [9.17, 15) is 18.3 Å². The number of carbonyl (C=O) groups is 1. The van der Waals surface area contributed by atoms with Crippen LogP contribution >= 0.6 is 0 Å². The number of carboxylic acid groups (broad SMARTS) is 1. The molecule has 4 rings (SSSR count). The van der Waals surface area contributed by atoms with Crippen molar-refractivity contribution < 1.29 is 18.3 Å². The first-order chi connectivity index (χ1) is 13.4. The van der Waals surface area contributed by atoms with Gasteiger partial charge in [-0.3, -0.25) is 4.79 Å². The molecule has 0 spiro atoms. The maximum Gasteiger partial charge on any atom is 0.325 e. The van der Waals surface area contributed by atoms with Gasteiger partial charge in [-0.25, -0.2) is 8.42 Å². The second-order valence-corrected chi connectivity index (χ2v) is 8.69. The summed E-state index contributed by atoms with van der Waals surface area (Å²) in [7, 11) is -3.99. The Labute approximate surface area is 163 Å². The van der Waals surface area contributed by atoms with E-state index in [-0.39, 0.29) is 17.7 Å². The smallest absolute Gasteiger partial charge is 0.325 e. The number of rotatable bonds is 5. The minimum atomic E-state index is -3.99. The Morgan fingerprint density at radius 1 is 0.786 bits per heavy atom. The van der Waals surface area contributed by atoms with Crippen LogP contribution in [-0.4, -0.2) is 25.0 Å². The molecule has 0 amide bonds. The predicted octanol–water partition coefficient (Wildman–Crippen LogP) is 3.25. The number of sulfonamides is 1. The van der Waals surface area contributed by atoms with Crippen LogP contribution in [0, 0.1) is 0 Å². The van der Waals surface area contributed by atoms with E-state index in [4.69, 9.17) is 0 Å². The first kappa shape index (κ1) is 18.4. The molecule has 2 N–H and O–H groups in total. The van der Waals surface area contributed by atoms with Gasteiger partial charge in [0.05, 0.1) is 4.90 Å². The molecular formula is C22H19NO4S. The van der Waals surface area contributed by atoms with Crippen molar-refractivity contribution in [1.29, 1.82) is 0 Å². The van der Waals surface area contributed by atoms with Gasteiger partial charge in [0.25, 0.3) is 0 Å². The van der Waals surface area contributed by atoms with Crippen LogP contribution in [0.2, 0.25) is 0 Å². The monoisotopic (exact) mass is 393 g/mol. The highest BCUT2D eigenvalue weighted by molar-refractivity contribution is 7.89. The Morgan fingerprint density at radius 2 is 1.29 bits per heavy atom. The maximum atomic E-state index is 12.9. The molecule has 3 aromatic rings. The average molecular weight is 393 g/mol. The predicted molar refractivity (Wildman–Crippen MR) is 106 cm³/mol. The van der Waals surface area contributed by atoms with Crippen LogP contribution in [0.1, 0.15) is 11.1 Å². The minimum absolute atomic E-state index is 0.0452. The molecule has 1 aliphatic rings. The van der Waals surface area contributed by atoms with E-state index in [1.54, 1.807) is 12.1 Å². The van der Waals surface area contributed by atoms with Crippen LogP contribution in [0.15, 0.2) is 83.8 Å². The number of hydrogen-bond acceptors (Lipinski definition) is 3. The summed E-state index contributed by atoms with van der Waals surface area (Å²) in [4.78, 5) is 12.1. The fraction of sp³-hybridized carbons (Fsp3) is 0.136. The van der Waals surface area contributed by atoms with E-state index in [1.165, 1.54) is 12.1 Å². The Kier molecular flexibility index (Phi) is 4.53. The van der Waals surface area contributed by atoms with E-state index in [0.29, 0.717) is 0 Å². The second-order valence-electron chi connectivity index (χ2n) is 7.01. The molecule has 0 fully saturated rings. The second kappa shape index (κ2) is 6.89. The van der Waals surface area contributed by atoms with Gasteiger partial charge in [-0.15, -0.1) is 0 Å². The third kappa shape index (κ3) is 3.32. The summed E-state index contributed by atoms with van der Waals surface area (Å²) in [6.07, 6.45) is 0.250. The van der Waals surface area contributed by atoms with Crippen LogP contribution in [0.5, 0.6) is 0 Å². The number of fused-ring (bicyclic) bond motifs is 1. The molecule has 1 aliphatic carbocycles. The van der Waals surface area contributed by atoms with Gasteiger partial charge in [0, 0.05) is 12.8 Å². The van der Waals surface area contributed by atoms with Gasteiger partial charge in [0.2, 0.25) is 10.0 Å². The number of benzene rings is 3. The van der Waals surface area contributed by atoms with Crippen LogP contribution < -0.4 is 4.72 Å². The van der Waals surface area contributed by atoms with Crippen molar-refractivity contribution in [2.75, 3.05) is 0 Å². The molecule has 142 valence electrons. The Morgan fingerprint density at radius 3 is 1.82 bits per heavy atom. The Bertz CT molecular complexity index is 1100. The van der Waals surface area contributed by atoms with Crippen LogP contribution in [-0.2, 0) is 27.7 Å². The fourth-order valence-electron chi connectivity index (χ4n) is 3.66. The standard InChI is InChI=1S/C22H19NO4S/c24-21(25)22(14-18-8-4-5-9-19(18)15-22)23-28(26,27)20-12-10-17(11-13-20)16-6-2-1-3-7-16/h1-13,23H,14-15H2,(H,24,25). The van der Waals surface area contributed by atoms with Crippen LogP contribution in [0.25, 0.3) is 11.1 Å². The van der Waals surface area contributed by atoms with Gasteiger partial charge < -0.3 is 5.11 Å². The van der Waals surface area contributed by atoms with Crippen molar-refractivity contribution in [1.82, 2.24) is 4.72 Å². The molecule has 0 saturated heterocycles. The van der Waals surface area contributed by atoms with Crippen molar-refractivity contribution in [3.05, 3.63) is 90.0 Å². The molecule has 5 nitrogen and oxygen atoms in total. The Balaban J connectivity index is 1.62. The highest BCUT2D eigenvalue weighted by Crippen LogP contribution is 2.32. The summed E-state index contributed by atoms with van der Waals surface area (Å²) in [6, 6.07) is 23.4. The van der Waals surface area contributed by atoms with Crippen molar-refractivity contribution in [3.63, 3.8) is 0 Å². The quantitative estimate of drug-likeness (QED) is 0.697. The summed E-state index contributed by atoms with van der Waals surface area (Å²) in [5.74, 6) is -1.17. The lowest BCUT2D eigenvalue weighted by Crippen LogP contribution is -2.55. The molecule has 0 bridgehead atoms. The number of nitrogens with one attached hydrogen (secondary N) is 1. The summed E-state index contributed by atoms with van der Waals surface area (Å²) in [5.41, 5.74) is 2.01. The average Bonchev–Trinajstić information content (AvgIpc) is 3.07. The molecule has 0 saturated carbocycles. The van der Waals surface area contributed by atoms with Gasteiger partial charge in [0.1, 0.15) is 5.54 Å². The van der Waals surface area contributed by atoms with Gasteiger partial charge in [-0.1, -0.05) is 66.7 Å². The largest absolute Gasteiger partial charge is 0.480 e. The lowest BCUT2D eigenvalue weighted by atomic mass is 9.98. The third-order valence-corrected chi connectivity index (χ3v) is 6.67.